The fourth-order valence-corrected chi connectivity index (χ4v) is 13.0. The quantitative estimate of drug-likeness (QED) is 0.263. The predicted molar refractivity (Wildman–Crippen MR) is 176 cm³/mol. The molecule has 242 valence electrons. The Kier molecular flexibility index (Phi) is 8.36. The second kappa shape index (κ2) is 11.3. The highest BCUT2D eigenvalue weighted by Gasteiger charge is 2.68. The molecule has 0 amide bonds. The summed E-state index contributed by atoms with van der Waals surface area (Å²) in [6, 6.07) is 0. The Balaban J connectivity index is 1.21. The summed E-state index contributed by atoms with van der Waals surface area (Å²) in [4.78, 5) is 11.5. The molecule has 6 aliphatic carbocycles. The maximum Gasteiger partial charge on any atom is 0.306 e. The smallest absolute Gasteiger partial charge is 0.306 e. The normalized spacial score (nSPS) is 46.1. The molecule has 4 heteroatoms. The lowest BCUT2D eigenvalue weighted by molar-refractivity contribution is -0.212. The molecule has 0 spiro atoms. The molecule has 0 saturated heterocycles. The molecule has 0 heterocycles. The molecule has 0 radical (unpaired) electrons. The lowest BCUT2D eigenvalue weighted by Crippen LogP contribution is -2.67. The van der Waals surface area contributed by atoms with Gasteiger partial charge in [-0.3, -0.25) is 4.79 Å². The molecular formula is C39H63NO3. The zero-order chi connectivity index (χ0) is 30.8. The van der Waals surface area contributed by atoms with Crippen LogP contribution in [0.5, 0.6) is 0 Å². The number of hydrogen-bond donors (Lipinski definition) is 3. The van der Waals surface area contributed by atoms with Crippen LogP contribution in [0.25, 0.3) is 0 Å². The van der Waals surface area contributed by atoms with Crippen molar-refractivity contribution in [2.45, 2.75) is 155 Å². The van der Waals surface area contributed by atoms with E-state index in [1.165, 1.54) is 69.8 Å². The van der Waals surface area contributed by atoms with Gasteiger partial charge in [0.2, 0.25) is 0 Å². The van der Waals surface area contributed by atoms with E-state index in [2.05, 4.69) is 59.0 Å². The van der Waals surface area contributed by atoms with Crippen LogP contribution in [-0.4, -0.2) is 33.9 Å². The molecule has 10 atom stereocenters. The van der Waals surface area contributed by atoms with Crippen LogP contribution in [0.4, 0.5) is 0 Å². The van der Waals surface area contributed by atoms with Gasteiger partial charge in [0.25, 0.3) is 0 Å². The molecule has 0 aliphatic heterocycles. The summed E-state index contributed by atoms with van der Waals surface area (Å²) in [5.74, 6) is 2.87. The largest absolute Gasteiger partial charge is 0.481 e. The van der Waals surface area contributed by atoms with E-state index in [1.54, 1.807) is 5.57 Å². The molecule has 4 nitrogen and oxygen atoms in total. The van der Waals surface area contributed by atoms with Gasteiger partial charge >= 0.3 is 5.97 Å². The number of nitrogens with one attached hydrogen (secondary N) is 1. The van der Waals surface area contributed by atoms with Gasteiger partial charge in [0.1, 0.15) is 0 Å². The van der Waals surface area contributed by atoms with Crippen molar-refractivity contribution in [3.8, 4) is 0 Å². The van der Waals surface area contributed by atoms with E-state index in [1.807, 2.05) is 0 Å². The number of carboxylic acids is 1. The Morgan fingerprint density at radius 1 is 0.930 bits per heavy atom. The topological polar surface area (TPSA) is 69.6 Å². The highest BCUT2D eigenvalue weighted by molar-refractivity contribution is 5.70. The van der Waals surface area contributed by atoms with Crippen LogP contribution < -0.4 is 5.32 Å². The molecule has 4 fully saturated rings. The standard InChI is InChI=1S/C39H63NO3/c1-7-38(43,8-2)24-25-40-39-19-9-10-32(39)31-15-16-33-35(4)20-17-29(27-11-13-28(14-12-27)34(41)42)26(3)30(35)18-21-37(33,6)36(31,5)22-23-39/h11,17,26,28,30-33,40,43H,7-10,12-16,18-25H2,1-6H3,(H,41,42)/t26?,28?,30?,31?,32?,33?,35?,36-,37?,39?/m1/s1. The summed E-state index contributed by atoms with van der Waals surface area (Å²) in [6.45, 7) is 15.9. The van der Waals surface area contributed by atoms with Crippen LogP contribution in [-0.2, 0) is 4.79 Å². The van der Waals surface area contributed by atoms with Crippen molar-refractivity contribution < 1.29 is 15.0 Å². The summed E-state index contributed by atoms with van der Waals surface area (Å²) >= 11 is 0. The Bertz CT molecular complexity index is 1140. The average Bonchev–Trinajstić information content (AvgIpc) is 3.41. The maximum atomic E-state index is 11.5. The molecule has 6 rings (SSSR count). The van der Waals surface area contributed by atoms with Crippen LogP contribution in [0.1, 0.15) is 144 Å². The van der Waals surface area contributed by atoms with Crippen LogP contribution in [0, 0.1) is 51.8 Å². The van der Waals surface area contributed by atoms with E-state index in [4.69, 9.17) is 0 Å². The van der Waals surface area contributed by atoms with Crippen molar-refractivity contribution in [2.24, 2.45) is 51.8 Å². The number of aliphatic hydroxyl groups is 1. The van der Waals surface area contributed by atoms with E-state index in [9.17, 15) is 15.0 Å². The number of rotatable bonds is 8. The SMILES string of the molecule is CCC(O)(CC)CCNC12CCCC1C1CCC3C4(C)CC=C(C5=CCC(C(=O)O)CC5)C(C)C4CCC3(C)[C@]1(C)CC2. The molecule has 3 N–H and O–H groups in total. The zero-order valence-electron chi connectivity index (χ0n) is 28.4. The van der Waals surface area contributed by atoms with Gasteiger partial charge in [-0.25, -0.2) is 0 Å². The van der Waals surface area contributed by atoms with E-state index in [-0.39, 0.29) is 5.92 Å². The molecule has 43 heavy (non-hydrogen) atoms. The van der Waals surface area contributed by atoms with Gasteiger partial charge in [0, 0.05) is 5.54 Å². The molecule has 0 aromatic carbocycles. The number of allylic oxidation sites excluding steroid dienone is 4. The number of hydrogen-bond acceptors (Lipinski definition) is 3. The summed E-state index contributed by atoms with van der Waals surface area (Å²) in [5.41, 5.74) is 3.96. The minimum absolute atomic E-state index is 0.194. The van der Waals surface area contributed by atoms with E-state index >= 15 is 0 Å². The fourth-order valence-electron chi connectivity index (χ4n) is 13.0. The van der Waals surface area contributed by atoms with Gasteiger partial charge < -0.3 is 15.5 Å². The van der Waals surface area contributed by atoms with Crippen LogP contribution in [0.3, 0.4) is 0 Å². The van der Waals surface area contributed by atoms with Gasteiger partial charge in [-0.2, -0.15) is 0 Å². The van der Waals surface area contributed by atoms with Crippen molar-refractivity contribution in [3.63, 3.8) is 0 Å². The molecule has 4 saturated carbocycles. The van der Waals surface area contributed by atoms with Gasteiger partial charge in [-0.05, 0) is 160 Å². The maximum absolute atomic E-state index is 11.5. The third-order valence-corrected chi connectivity index (χ3v) is 16.1. The van der Waals surface area contributed by atoms with E-state index < -0.39 is 11.6 Å². The van der Waals surface area contributed by atoms with E-state index in [0.717, 1.165) is 62.3 Å². The first-order valence-corrected chi connectivity index (χ1v) is 18.5. The summed E-state index contributed by atoms with van der Waals surface area (Å²) < 4.78 is 0. The highest BCUT2D eigenvalue weighted by Crippen LogP contribution is 2.75. The van der Waals surface area contributed by atoms with Crippen LogP contribution in [0.2, 0.25) is 0 Å². The summed E-state index contributed by atoms with van der Waals surface area (Å²) in [7, 11) is 0. The van der Waals surface area contributed by atoms with Crippen molar-refractivity contribution in [1.82, 2.24) is 5.32 Å². The molecular weight excluding hydrogens is 530 g/mol. The molecule has 0 aromatic rings. The Morgan fingerprint density at radius 2 is 1.70 bits per heavy atom. The van der Waals surface area contributed by atoms with Crippen LogP contribution in [0.15, 0.2) is 23.3 Å². The average molecular weight is 594 g/mol. The lowest BCUT2D eigenvalue weighted by Gasteiger charge is -2.71. The Hall–Kier alpha value is -1.13. The third-order valence-electron chi connectivity index (χ3n) is 16.1. The number of carboxylic acid groups (broad SMARTS) is 1. The minimum atomic E-state index is -0.627. The first-order valence-electron chi connectivity index (χ1n) is 18.5. The van der Waals surface area contributed by atoms with Crippen molar-refractivity contribution in [3.05, 3.63) is 23.3 Å². The zero-order valence-corrected chi connectivity index (χ0v) is 28.4. The van der Waals surface area contributed by atoms with Crippen molar-refractivity contribution in [1.29, 1.82) is 0 Å². The molecule has 6 aliphatic rings. The monoisotopic (exact) mass is 593 g/mol. The predicted octanol–water partition coefficient (Wildman–Crippen LogP) is 9.08. The fraction of sp³-hybridized carbons (Fsp3) is 0.872. The second-order valence-corrected chi connectivity index (χ2v) is 17.2. The Morgan fingerprint density at radius 3 is 2.37 bits per heavy atom. The van der Waals surface area contributed by atoms with Gasteiger partial charge in [-0.1, -0.05) is 60.1 Å². The molecule has 9 unspecified atom stereocenters. The third kappa shape index (κ3) is 4.85. The van der Waals surface area contributed by atoms with Crippen molar-refractivity contribution in [2.75, 3.05) is 6.54 Å². The highest BCUT2D eigenvalue weighted by atomic mass is 16.4. The van der Waals surface area contributed by atoms with E-state index in [0.29, 0.717) is 34.1 Å². The Labute approximate surface area is 262 Å². The number of aliphatic carboxylic acids is 1. The van der Waals surface area contributed by atoms with Crippen LogP contribution >= 0.6 is 0 Å². The lowest BCUT2D eigenvalue weighted by atomic mass is 9.34. The molecule has 0 aromatic heterocycles. The first-order chi connectivity index (χ1) is 20.4. The van der Waals surface area contributed by atoms with Gasteiger partial charge in [0.05, 0.1) is 11.5 Å². The summed E-state index contributed by atoms with van der Waals surface area (Å²) in [5, 5.41) is 24.6. The summed E-state index contributed by atoms with van der Waals surface area (Å²) in [6.07, 6.45) is 23.4. The second-order valence-electron chi connectivity index (χ2n) is 17.2. The van der Waals surface area contributed by atoms with Crippen molar-refractivity contribution >= 4 is 5.97 Å². The minimum Gasteiger partial charge on any atom is -0.481 e. The molecule has 0 bridgehead atoms. The first kappa shape index (κ1) is 31.8. The number of fused-ring (bicyclic) bond motifs is 7. The van der Waals surface area contributed by atoms with Gasteiger partial charge in [-0.15, -0.1) is 0 Å². The number of carbonyl (C=O) groups is 1. The van der Waals surface area contributed by atoms with Gasteiger partial charge in [0.15, 0.2) is 0 Å².